The number of hydrogen-bond donors (Lipinski definition) is 1. The third-order valence-corrected chi connectivity index (χ3v) is 3.98. The van der Waals surface area contributed by atoms with Gasteiger partial charge in [-0.05, 0) is 55.6 Å². The van der Waals surface area contributed by atoms with Crippen LogP contribution in [-0.2, 0) is 12.8 Å². The van der Waals surface area contributed by atoms with E-state index in [9.17, 15) is 5.11 Å². The van der Waals surface area contributed by atoms with Crippen molar-refractivity contribution in [1.82, 2.24) is 0 Å². The highest BCUT2D eigenvalue weighted by atomic mass is 16.3. The maximum absolute atomic E-state index is 9.81. The van der Waals surface area contributed by atoms with Gasteiger partial charge < -0.3 is 5.11 Å². The van der Waals surface area contributed by atoms with Gasteiger partial charge in [0.15, 0.2) is 0 Å². The minimum Gasteiger partial charge on any atom is -0.390 e. The summed E-state index contributed by atoms with van der Waals surface area (Å²) in [5, 5.41) is 9.81. The first-order chi connectivity index (χ1) is 7.25. The SMILES string of the molecule is OC1(CCC2Cc3ccccc3C2)CC1. The zero-order valence-corrected chi connectivity index (χ0v) is 9.08. The molecule has 0 heterocycles. The van der Waals surface area contributed by atoms with Crippen molar-refractivity contribution in [1.29, 1.82) is 0 Å². The zero-order valence-electron chi connectivity index (χ0n) is 9.08. The lowest BCUT2D eigenvalue weighted by Crippen LogP contribution is -2.10. The maximum atomic E-state index is 9.81. The third kappa shape index (κ3) is 1.93. The normalized spacial score (nSPS) is 22.7. The maximum Gasteiger partial charge on any atom is 0.0650 e. The van der Waals surface area contributed by atoms with Crippen LogP contribution in [0, 0.1) is 5.92 Å². The molecule has 0 aromatic heterocycles. The summed E-state index contributed by atoms with van der Waals surface area (Å²) in [6.07, 6.45) is 6.74. The van der Waals surface area contributed by atoms with E-state index in [0.29, 0.717) is 0 Å². The molecule has 0 atom stereocenters. The number of benzene rings is 1. The minimum absolute atomic E-state index is 0.255. The van der Waals surface area contributed by atoms with Gasteiger partial charge in [0.05, 0.1) is 5.60 Å². The average Bonchev–Trinajstić information content (AvgIpc) is 2.83. The van der Waals surface area contributed by atoms with Crippen LogP contribution in [-0.4, -0.2) is 10.7 Å². The lowest BCUT2D eigenvalue weighted by atomic mass is 9.97. The fourth-order valence-electron chi connectivity index (χ4n) is 2.72. The molecule has 0 spiro atoms. The molecular weight excluding hydrogens is 184 g/mol. The Balaban J connectivity index is 1.59. The highest BCUT2D eigenvalue weighted by molar-refractivity contribution is 5.32. The van der Waals surface area contributed by atoms with Crippen LogP contribution in [0.4, 0.5) is 0 Å². The van der Waals surface area contributed by atoms with Gasteiger partial charge in [-0.15, -0.1) is 0 Å². The molecule has 1 heteroatoms. The molecule has 1 N–H and O–H groups in total. The summed E-state index contributed by atoms with van der Waals surface area (Å²) >= 11 is 0. The van der Waals surface area contributed by atoms with Gasteiger partial charge >= 0.3 is 0 Å². The second-order valence-electron chi connectivity index (χ2n) is 5.31. The van der Waals surface area contributed by atoms with Crippen molar-refractivity contribution in [3.8, 4) is 0 Å². The molecule has 0 bridgehead atoms. The Bertz CT molecular complexity index is 340. The summed E-state index contributed by atoms with van der Waals surface area (Å²) in [5.41, 5.74) is 2.81. The molecule has 1 aromatic carbocycles. The first-order valence-electron chi connectivity index (χ1n) is 6.04. The molecule has 2 aliphatic carbocycles. The van der Waals surface area contributed by atoms with Crippen molar-refractivity contribution in [2.45, 2.75) is 44.1 Å². The number of hydrogen-bond acceptors (Lipinski definition) is 1. The predicted octanol–water partition coefficient (Wildman–Crippen LogP) is 2.71. The Morgan fingerprint density at radius 1 is 1.13 bits per heavy atom. The lowest BCUT2D eigenvalue weighted by molar-refractivity contribution is 0.131. The molecule has 0 amide bonds. The van der Waals surface area contributed by atoms with E-state index in [0.717, 1.165) is 25.2 Å². The molecule has 0 saturated heterocycles. The smallest absolute Gasteiger partial charge is 0.0650 e. The van der Waals surface area contributed by atoms with Gasteiger partial charge in [-0.1, -0.05) is 24.3 Å². The van der Waals surface area contributed by atoms with Crippen LogP contribution in [0.5, 0.6) is 0 Å². The minimum atomic E-state index is -0.255. The Morgan fingerprint density at radius 3 is 2.27 bits per heavy atom. The van der Waals surface area contributed by atoms with Crippen molar-refractivity contribution >= 4 is 0 Å². The van der Waals surface area contributed by atoms with E-state index < -0.39 is 0 Å². The summed E-state index contributed by atoms with van der Waals surface area (Å²) < 4.78 is 0. The summed E-state index contributed by atoms with van der Waals surface area (Å²) in [5.74, 6) is 0.784. The van der Waals surface area contributed by atoms with Crippen molar-refractivity contribution in [2.75, 3.05) is 0 Å². The van der Waals surface area contributed by atoms with Gasteiger partial charge in [0.1, 0.15) is 0 Å². The highest BCUT2D eigenvalue weighted by Crippen LogP contribution is 2.41. The van der Waals surface area contributed by atoms with Gasteiger partial charge in [0.25, 0.3) is 0 Å². The lowest BCUT2D eigenvalue weighted by Gasteiger charge is -2.11. The van der Waals surface area contributed by atoms with Crippen LogP contribution < -0.4 is 0 Å². The molecule has 0 radical (unpaired) electrons. The Kier molecular flexibility index (Phi) is 2.10. The van der Waals surface area contributed by atoms with E-state index in [1.165, 1.54) is 30.4 Å². The number of rotatable bonds is 3. The summed E-state index contributed by atoms with van der Waals surface area (Å²) in [6, 6.07) is 8.77. The summed E-state index contributed by atoms with van der Waals surface area (Å²) in [4.78, 5) is 0. The van der Waals surface area contributed by atoms with Gasteiger partial charge in [-0.3, -0.25) is 0 Å². The van der Waals surface area contributed by atoms with E-state index in [1.807, 2.05) is 0 Å². The molecule has 2 aliphatic rings. The van der Waals surface area contributed by atoms with E-state index in [1.54, 1.807) is 0 Å². The first kappa shape index (κ1) is 9.41. The van der Waals surface area contributed by atoms with Crippen LogP contribution in [0.1, 0.15) is 36.8 Å². The van der Waals surface area contributed by atoms with E-state index in [-0.39, 0.29) is 5.60 Å². The quantitative estimate of drug-likeness (QED) is 0.799. The predicted molar refractivity (Wildman–Crippen MR) is 60.8 cm³/mol. The fourth-order valence-corrected chi connectivity index (χ4v) is 2.72. The molecule has 1 aromatic rings. The second kappa shape index (κ2) is 3.34. The molecule has 0 unspecified atom stereocenters. The average molecular weight is 202 g/mol. The molecular formula is C14H18O. The van der Waals surface area contributed by atoms with Crippen molar-refractivity contribution < 1.29 is 5.11 Å². The van der Waals surface area contributed by atoms with E-state index >= 15 is 0 Å². The Morgan fingerprint density at radius 2 is 1.73 bits per heavy atom. The fraction of sp³-hybridized carbons (Fsp3) is 0.571. The molecule has 1 nitrogen and oxygen atoms in total. The molecule has 15 heavy (non-hydrogen) atoms. The van der Waals surface area contributed by atoms with Crippen molar-refractivity contribution in [3.63, 3.8) is 0 Å². The van der Waals surface area contributed by atoms with Gasteiger partial charge in [0.2, 0.25) is 0 Å². The highest BCUT2D eigenvalue weighted by Gasteiger charge is 2.40. The summed E-state index contributed by atoms with van der Waals surface area (Å²) in [7, 11) is 0. The monoisotopic (exact) mass is 202 g/mol. The zero-order chi connectivity index (χ0) is 10.3. The van der Waals surface area contributed by atoms with Crippen LogP contribution in [0.25, 0.3) is 0 Å². The standard InChI is InChI=1S/C14H18O/c15-14(7-8-14)6-5-11-9-12-3-1-2-4-13(12)10-11/h1-4,11,15H,5-10H2. The Hall–Kier alpha value is -0.820. The van der Waals surface area contributed by atoms with Gasteiger partial charge in [0, 0.05) is 0 Å². The molecule has 0 aliphatic heterocycles. The van der Waals surface area contributed by atoms with Crippen LogP contribution in [0.2, 0.25) is 0 Å². The van der Waals surface area contributed by atoms with Crippen LogP contribution in [0.15, 0.2) is 24.3 Å². The van der Waals surface area contributed by atoms with E-state index in [4.69, 9.17) is 0 Å². The van der Waals surface area contributed by atoms with Crippen molar-refractivity contribution in [3.05, 3.63) is 35.4 Å². The molecule has 1 fully saturated rings. The van der Waals surface area contributed by atoms with Crippen molar-refractivity contribution in [2.24, 2.45) is 5.92 Å². The molecule has 80 valence electrons. The van der Waals surface area contributed by atoms with Crippen LogP contribution in [0.3, 0.4) is 0 Å². The Labute approximate surface area is 91.1 Å². The van der Waals surface area contributed by atoms with Crippen LogP contribution >= 0.6 is 0 Å². The van der Waals surface area contributed by atoms with E-state index in [2.05, 4.69) is 24.3 Å². The summed E-state index contributed by atoms with van der Waals surface area (Å²) in [6.45, 7) is 0. The second-order valence-corrected chi connectivity index (χ2v) is 5.31. The molecule has 3 rings (SSSR count). The topological polar surface area (TPSA) is 20.2 Å². The van der Waals surface area contributed by atoms with Gasteiger partial charge in [-0.2, -0.15) is 0 Å². The first-order valence-corrected chi connectivity index (χ1v) is 6.04. The molecule has 1 saturated carbocycles. The number of aliphatic hydroxyl groups is 1. The third-order valence-electron chi connectivity index (χ3n) is 3.98. The van der Waals surface area contributed by atoms with Gasteiger partial charge in [-0.25, -0.2) is 0 Å². The largest absolute Gasteiger partial charge is 0.390 e. The number of fused-ring (bicyclic) bond motifs is 1.